The summed E-state index contributed by atoms with van der Waals surface area (Å²) in [6.45, 7) is -0.308. The van der Waals surface area contributed by atoms with Crippen LogP contribution < -0.4 is 5.56 Å². The van der Waals surface area contributed by atoms with Crippen molar-refractivity contribution < 1.29 is 13.9 Å². The molecule has 0 unspecified atom stereocenters. The summed E-state index contributed by atoms with van der Waals surface area (Å²) in [5.74, 6) is -0.0853. The molecular weight excluding hydrogens is 286 g/mol. The van der Waals surface area contributed by atoms with Crippen molar-refractivity contribution in [3.63, 3.8) is 0 Å². The van der Waals surface area contributed by atoms with Gasteiger partial charge in [0.05, 0.1) is 11.6 Å². The molecule has 0 N–H and O–H groups in total. The second-order valence-corrected chi connectivity index (χ2v) is 4.35. The topological polar surface area (TPSA) is 87.2 Å². The Balaban J connectivity index is 1.70. The molecule has 3 aromatic rings. The van der Waals surface area contributed by atoms with Gasteiger partial charge in [0.25, 0.3) is 5.56 Å². The fraction of sp³-hybridized carbons (Fsp3) is 0.0667. The van der Waals surface area contributed by atoms with Gasteiger partial charge < -0.3 is 9.15 Å². The average Bonchev–Trinajstić information content (AvgIpc) is 3.06. The Labute approximate surface area is 124 Å². The highest BCUT2D eigenvalue weighted by Gasteiger charge is 2.06. The second-order valence-electron chi connectivity index (χ2n) is 4.35. The zero-order valence-electron chi connectivity index (χ0n) is 11.4. The van der Waals surface area contributed by atoms with Gasteiger partial charge in [-0.05, 0) is 30.3 Å². The van der Waals surface area contributed by atoms with Gasteiger partial charge in [-0.2, -0.15) is 4.68 Å². The molecule has 0 aliphatic rings. The molecule has 0 aliphatic heterocycles. The van der Waals surface area contributed by atoms with E-state index in [2.05, 4.69) is 10.3 Å². The summed E-state index contributed by atoms with van der Waals surface area (Å²) in [5.41, 5.74) is 0.126. The third-order valence-electron chi connectivity index (χ3n) is 2.89. The van der Waals surface area contributed by atoms with E-state index in [1.807, 2.05) is 0 Å². The fourth-order valence-corrected chi connectivity index (χ4v) is 1.82. The quantitative estimate of drug-likeness (QED) is 0.537. The molecule has 1 aromatic carbocycles. The van der Waals surface area contributed by atoms with Crippen LogP contribution in [0.5, 0.6) is 0 Å². The van der Waals surface area contributed by atoms with Gasteiger partial charge in [0.1, 0.15) is 11.3 Å². The van der Waals surface area contributed by atoms with Gasteiger partial charge in [-0.25, -0.2) is 4.79 Å². The van der Waals surface area contributed by atoms with Crippen molar-refractivity contribution in [2.24, 2.45) is 0 Å². The molecule has 0 bridgehead atoms. The lowest BCUT2D eigenvalue weighted by Gasteiger charge is -2.04. The summed E-state index contributed by atoms with van der Waals surface area (Å²) in [6, 6.07) is 10.2. The molecule has 0 saturated heterocycles. The number of benzene rings is 1. The lowest BCUT2D eigenvalue weighted by molar-refractivity contribution is -0.141. The van der Waals surface area contributed by atoms with Crippen molar-refractivity contribution in [2.45, 2.75) is 6.73 Å². The molecule has 7 nitrogen and oxygen atoms in total. The second kappa shape index (κ2) is 6.04. The first-order chi connectivity index (χ1) is 10.7. The number of esters is 1. The van der Waals surface area contributed by atoms with Crippen molar-refractivity contribution in [3.05, 3.63) is 64.9 Å². The van der Waals surface area contributed by atoms with E-state index in [1.54, 1.807) is 36.4 Å². The van der Waals surface area contributed by atoms with Crippen molar-refractivity contribution >= 4 is 22.9 Å². The van der Waals surface area contributed by atoms with Crippen molar-refractivity contribution in [3.8, 4) is 0 Å². The van der Waals surface area contributed by atoms with Crippen LogP contribution >= 0.6 is 0 Å². The first-order valence-electron chi connectivity index (χ1n) is 6.45. The summed E-state index contributed by atoms with van der Waals surface area (Å²) >= 11 is 0. The van der Waals surface area contributed by atoms with E-state index in [4.69, 9.17) is 9.15 Å². The van der Waals surface area contributed by atoms with Crippen molar-refractivity contribution in [1.82, 2.24) is 15.0 Å². The minimum Gasteiger partial charge on any atom is -0.465 e. The van der Waals surface area contributed by atoms with Gasteiger partial charge in [-0.15, -0.1) is 5.10 Å². The average molecular weight is 297 g/mol. The number of carbonyl (C=O) groups is 1. The normalized spacial score (nSPS) is 11.1. The van der Waals surface area contributed by atoms with Gasteiger partial charge >= 0.3 is 5.97 Å². The molecule has 3 rings (SSSR count). The number of rotatable bonds is 4. The van der Waals surface area contributed by atoms with Gasteiger partial charge in [-0.1, -0.05) is 17.3 Å². The summed E-state index contributed by atoms with van der Waals surface area (Å²) in [7, 11) is 0. The largest absolute Gasteiger partial charge is 0.465 e. The molecule has 22 heavy (non-hydrogen) atoms. The van der Waals surface area contributed by atoms with E-state index in [9.17, 15) is 9.59 Å². The highest BCUT2D eigenvalue weighted by molar-refractivity contribution is 5.86. The molecule has 2 heterocycles. The summed E-state index contributed by atoms with van der Waals surface area (Å²) < 4.78 is 11.0. The zero-order valence-corrected chi connectivity index (χ0v) is 11.4. The Morgan fingerprint density at radius 2 is 2.14 bits per heavy atom. The van der Waals surface area contributed by atoms with Gasteiger partial charge in [0.2, 0.25) is 0 Å². The predicted molar refractivity (Wildman–Crippen MR) is 77.6 cm³/mol. The number of furan rings is 1. The third kappa shape index (κ3) is 2.93. The van der Waals surface area contributed by atoms with E-state index < -0.39 is 5.97 Å². The Morgan fingerprint density at radius 1 is 1.27 bits per heavy atom. The smallest absolute Gasteiger partial charge is 0.332 e. The van der Waals surface area contributed by atoms with Crippen molar-refractivity contribution in [1.29, 1.82) is 0 Å². The van der Waals surface area contributed by atoms with E-state index in [0.29, 0.717) is 16.7 Å². The molecule has 0 aliphatic carbocycles. The molecule has 2 aromatic heterocycles. The molecule has 0 atom stereocenters. The fourth-order valence-electron chi connectivity index (χ4n) is 1.82. The van der Waals surface area contributed by atoms with Crippen LogP contribution in [0.25, 0.3) is 17.0 Å². The van der Waals surface area contributed by atoms with E-state index >= 15 is 0 Å². The number of hydrogen-bond donors (Lipinski definition) is 0. The maximum atomic E-state index is 12.1. The number of aromatic nitrogens is 3. The molecular formula is C15H11N3O4. The summed E-state index contributed by atoms with van der Waals surface area (Å²) in [4.78, 5) is 23.7. The number of fused-ring (bicyclic) bond motifs is 1. The van der Waals surface area contributed by atoms with Crippen LogP contribution in [-0.4, -0.2) is 21.0 Å². The van der Waals surface area contributed by atoms with Crippen LogP contribution in [-0.2, 0) is 16.3 Å². The van der Waals surface area contributed by atoms with Gasteiger partial charge in [0.15, 0.2) is 6.73 Å². The Morgan fingerprint density at radius 3 is 2.95 bits per heavy atom. The summed E-state index contributed by atoms with van der Waals surface area (Å²) in [5, 5.41) is 8.03. The van der Waals surface area contributed by atoms with E-state index in [1.165, 1.54) is 18.4 Å². The minimum absolute atomic E-state index is 0.308. The standard InChI is InChI=1S/C15H11N3O4/c19-14(8-7-11-4-3-9-21-11)22-10-18-15(20)12-5-1-2-6-13(12)16-17-18/h1-9H,10H2. The Kier molecular flexibility index (Phi) is 3.78. The van der Waals surface area contributed by atoms with E-state index in [0.717, 1.165) is 4.68 Å². The van der Waals surface area contributed by atoms with Crippen LogP contribution in [0.4, 0.5) is 0 Å². The first-order valence-corrected chi connectivity index (χ1v) is 6.45. The highest BCUT2D eigenvalue weighted by Crippen LogP contribution is 2.04. The van der Waals surface area contributed by atoms with Crippen LogP contribution in [0.3, 0.4) is 0 Å². The minimum atomic E-state index is -0.613. The maximum absolute atomic E-state index is 12.1. The number of ether oxygens (including phenoxy) is 1. The molecule has 7 heteroatoms. The van der Waals surface area contributed by atoms with Gasteiger partial charge in [-0.3, -0.25) is 4.79 Å². The molecule has 0 amide bonds. The predicted octanol–water partition coefficient (Wildman–Crippen LogP) is 1.60. The number of nitrogens with zero attached hydrogens (tertiary/aromatic N) is 3. The monoisotopic (exact) mass is 297 g/mol. The van der Waals surface area contributed by atoms with Gasteiger partial charge in [0, 0.05) is 6.08 Å². The number of hydrogen-bond acceptors (Lipinski definition) is 6. The molecule has 0 fully saturated rings. The van der Waals surface area contributed by atoms with Crippen LogP contribution in [0, 0.1) is 0 Å². The number of carbonyl (C=O) groups excluding carboxylic acids is 1. The Bertz CT molecular complexity index is 881. The lowest BCUT2D eigenvalue weighted by Crippen LogP contribution is -2.26. The lowest BCUT2D eigenvalue weighted by atomic mass is 10.2. The summed E-state index contributed by atoms with van der Waals surface area (Å²) in [6.07, 6.45) is 4.17. The van der Waals surface area contributed by atoms with Crippen LogP contribution in [0.15, 0.2) is 57.9 Å². The maximum Gasteiger partial charge on any atom is 0.332 e. The first kappa shape index (κ1) is 13.7. The molecule has 0 saturated carbocycles. The third-order valence-corrected chi connectivity index (χ3v) is 2.89. The highest BCUT2D eigenvalue weighted by atomic mass is 16.5. The Hall–Kier alpha value is -3.22. The SMILES string of the molecule is O=C(C=Cc1ccco1)OCn1nnc2ccccc2c1=O. The molecule has 110 valence electrons. The van der Waals surface area contributed by atoms with Crippen LogP contribution in [0.2, 0.25) is 0 Å². The molecule has 0 spiro atoms. The zero-order chi connectivity index (χ0) is 15.4. The van der Waals surface area contributed by atoms with E-state index in [-0.39, 0.29) is 12.3 Å². The van der Waals surface area contributed by atoms with Crippen molar-refractivity contribution in [2.75, 3.05) is 0 Å². The van der Waals surface area contributed by atoms with Crippen LogP contribution in [0.1, 0.15) is 5.76 Å². The molecule has 0 radical (unpaired) electrons.